The molecular formula is C13H16N2O2. The summed E-state index contributed by atoms with van der Waals surface area (Å²) in [4.78, 5) is 10.8. The summed E-state index contributed by atoms with van der Waals surface area (Å²) < 4.78 is 5.27. The van der Waals surface area contributed by atoms with Crippen molar-refractivity contribution in [3.05, 3.63) is 29.3 Å². The average Bonchev–Trinajstić information content (AvgIpc) is 2.35. The van der Waals surface area contributed by atoms with Crippen LogP contribution in [0.5, 0.6) is 5.75 Å². The number of amides is 1. The maximum absolute atomic E-state index is 10.8. The minimum Gasteiger partial charge on any atom is -0.496 e. The van der Waals surface area contributed by atoms with Crippen molar-refractivity contribution >= 4 is 5.91 Å². The molecule has 1 amide bonds. The van der Waals surface area contributed by atoms with Crippen LogP contribution in [-0.4, -0.2) is 13.0 Å². The number of benzene rings is 1. The van der Waals surface area contributed by atoms with E-state index in [4.69, 9.17) is 10.00 Å². The van der Waals surface area contributed by atoms with Crippen LogP contribution in [0, 0.1) is 11.3 Å². The number of nitrogens with zero attached hydrogens (tertiary/aromatic N) is 1. The Morgan fingerprint density at radius 1 is 1.53 bits per heavy atom. The van der Waals surface area contributed by atoms with E-state index in [-0.39, 0.29) is 0 Å². The molecule has 1 rings (SSSR count). The highest BCUT2D eigenvalue weighted by Gasteiger charge is 2.08. The second-order valence-corrected chi connectivity index (χ2v) is 4.03. The molecule has 1 aromatic rings. The first-order valence-electron chi connectivity index (χ1n) is 5.43. The Kier molecular flexibility index (Phi) is 4.53. The number of hydrogen-bond acceptors (Lipinski definition) is 3. The molecule has 17 heavy (non-hydrogen) atoms. The molecule has 4 nitrogen and oxygen atoms in total. The molecule has 90 valence electrons. The number of carbonyl (C=O) groups is 1. The normalized spacial score (nSPS) is 9.82. The summed E-state index contributed by atoms with van der Waals surface area (Å²) in [5.41, 5.74) is 2.05. The van der Waals surface area contributed by atoms with Gasteiger partial charge in [0.05, 0.1) is 7.11 Å². The van der Waals surface area contributed by atoms with Crippen LogP contribution in [0.1, 0.15) is 30.9 Å². The summed E-state index contributed by atoms with van der Waals surface area (Å²) >= 11 is 0. The summed E-state index contributed by atoms with van der Waals surface area (Å²) in [6.07, 6.45) is 0. The smallest absolute Gasteiger partial charge is 0.322 e. The predicted octanol–water partition coefficient (Wildman–Crippen LogP) is 1.96. The summed E-state index contributed by atoms with van der Waals surface area (Å²) in [6, 6.07) is 7.26. The zero-order valence-electron chi connectivity index (χ0n) is 10.3. The van der Waals surface area contributed by atoms with Crippen molar-refractivity contribution in [1.82, 2.24) is 5.32 Å². The largest absolute Gasteiger partial charge is 0.496 e. The van der Waals surface area contributed by atoms with Crippen molar-refractivity contribution in [3.8, 4) is 11.8 Å². The summed E-state index contributed by atoms with van der Waals surface area (Å²) in [6.45, 7) is 4.51. The Morgan fingerprint density at radius 3 is 2.76 bits per heavy atom. The topological polar surface area (TPSA) is 62.1 Å². The number of nitrogens with one attached hydrogen (secondary N) is 1. The van der Waals surface area contributed by atoms with Gasteiger partial charge in [0.25, 0.3) is 0 Å². The van der Waals surface area contributed by atoms with E-state index in [2.05, 4.69) is 19.2 Å². The van der Waals surface area contributed by atoms with E-state index in [9.17, 15) is 4.79 Å². The zero-order valence-corrected chi connectivity index (χ0v) is 10.3. The van der Waals surface area contributed by atoms with E-state index in [1.807, 2.05) is 18.2 Å². The van der Waals surface area contributed by atoms with Gasteiger partial charge in [0.1, 0.15) is 5.75 Å². The third-order valence-electron chi connectivity index (χ3n) is 2.47. The lowest BCUT2D eigenvalue weighted by atomic mass is 9.99. The van der Waals surface area contributed by atoms with Gasteiger partial charge in [0, 0.05) is 6.54 Å². The molecule has 0 saturated heterocycles. The number of nitriles is 1. The lowest BCUT2D eigenvalue weighted by Crippen LogP contribution is -2.20. The van der Waals surface area contributed by atoms with Crippen molar-refractivity contribution in [2.45, 2.75) is 26.3 Å². The average molecular weight is 232 g/mol. The van der Waals surface area contributed by atoms with Gasteiger partial charge >= 0.3 is 5.91 Å². The molecule has 0 atom stereocenters. The van der Waals surface area contributed by atoms with Crippen LogP contribution >= 0.6 is 0 Å². The molecule has 0 fully saturated rings. The van der Waals surface area contributed by atoms with E-state index in [1.165, 1.54) is 6.07 Å². The number of rotatable bonds is 4. The highest BCUT2D eigenvalue weighted by atomic mass is 16.5. The van der Waals surface area contributed by atoms with E-state index < -0.39 is 5.91 Å². The first kappa shape index (κ1) is 13.0. The predicted molar refractivity (Wildman–Crippen MR) is 64.5 cm³/mol. The monoisotopic (exact) mass is 232 g/mol. The first-order chi connectivity index (χ1) is 8.08. The molecule has 0 saturated carbocycles. The molecule has 1 aromatic carbocycles. The lowest BCUT2D eigenvalue weighted by Gasteiger charge is -2.13. The third-order valence-corrected chi connectivity index (χ3v) is 2.47. The molecule has 0 heterocycles. The second-order valence-electron chi connectivity index (χ2n) is 4.03. The molecule has 0 aliphatic rings. The van der Waals surface area contributed by atoms with Crippen LogP contribution in [0.4, 0.5) is 0 Å². The van der Waals surface area contributed by atoms with Gasteiger partial charge in [-0.1, -0.05) is 26.0 Å². The summed E-state index contributed by atoms with van der Waals surface area (Å²) in [7, 11) is 1.64. The van der Waals surface area contributed by atoms with Gasteiger partial charge in [-0.2, -0.15) is 5.26 Å². The van der Waals surface area contributed by atoms with Gasteiger partial charge in [-0.3, -0.25) is 4.79 Å². The highest BCUT2D eigenvalue weighted by Crippen LogP contribution is 2.27. The molecule has 0 radical (unpaired) electrons. The Labute approximate surface area is 101 Å². The second kappa shape index (κ2) is 5.90. The molecule has 4 heteroatoms. The number of ether oxygens (including phenoxy) is 1. The summed E-state index contributed by atoms with van der Waals surface area (Å²) in [5.74, 6) is 0.568. The SMILES string of the molecule is COc1ccc(CNC(=O)C#N)cc1C(C)C. The molecular weight excluding hydrogens is 216 g/mol. The molecule has 0 spiro atoms. The van der Waals surface area contributed by atoms with E-state index in [0.29, 0.717) is 12.5 Å². The quantitative estimate of drug-likeness (QED) is 0.807. The maximum Gasteiger partial charge on any atom is 0.322 e. The molecule has 0 aliphatic carbocycles. The van der Waals surface area contributed by atoms with Crippen molar-refractivity contribution < 1.29 is 9.53 Å². The van der Waals surface area contributed by atoms with Gasteiger partial charge in [-0.15, -0.1) is 0 Å². The van der Waals surface area contributed by atoms with Crippen LogP contribution in [0.25, 0.3) is 0 Å². The Morgan fingerprint density at radius 2 is 2.24 bits per heavy atom. The number of carbonyl (C=O) groups excluding carboxylic acids is 1. The van der Waals surface area contributed by atoms with Gasteiger partial charge in [-0.05, 0) is 23.1 Å². The van der Waals surface area contributed by atoms with Crippen LogP contribution in [-0.2, 0) is 11.3 Å². The zero-order chi connectivity index (χ0) is 12.8. The fourth-order valence-corrected chi connectivity index (χ4v) is 1.57. The maximum atomic E-state index is 10.8. The van der Waals surface area contributed by atoms with Gasteiger partial charge < -0.3 is 10.1 Å². The fourth-order valence-electron chi connectivity index (χ4n) is 1.57. The number of methoxy groups -OCH3 is 1. The van der Waals surface area contributed by atoms with Crippen molar-refractivity contribution in [3.63, 3.8) is 0 Å². The molecule has 0 unspecified atom stereocenters. The van der Waals surface area contributed by atoms with Crippen LogP contribution in [0.3, 0.4) is 0 Å². The lowest BCUT2D eigenvalue weighted by molar-refractivity contribution is -0.116. The van der Waals surface area contributed by atoms with Crippen molar-refractivity contribution in [1.29, 1.82) is 5.26 Å². The van der Waals surface area contributed by atoms with E-state index >= 15 is 0 Å². The summed E-state index contributed by atoms with van der Waals surface area (Å²) in [5, 5.41) is 10.9. The number of hydrogen-bond donors (Lipinski definition) is 1. The standard InChI is InChI=1S/C13H16N2O2/c1-9(2)11-6-10(4-5-12(11)17-3)8-15-13(16)7-14/h4-6,9H,8H2,1-3H3,(H,15,16). The molecule has 0 bridgehead atoms. The van der Waals surface area contributed by atoms with Crippen molar-refractivity contribution in [2.24, 2.45) is 0 Å². The fraction of sp³-hybridized carbons (Fsp3) is 0.385. The Hall–Kier alpha value is -2.02. The first-order valence-corrected chi connectivity index (χ1v) is 5.43. The van der Waals surface area contributed by atoms with Crippen molar-refractivity contribution in [2.75, 3.05) is 7.11 Å². The van der Waals surface area contributed by atoms with E-state index in [0.717, 1.165) is 16.9 Å². The highest BCUT2D eigenvalue weighted by molar-refractivity contribution is 5.91. The van der Waals surface area contributed by atoms with Crippen LogP contribution in [0.2, 0.25) is 0 Å². The van der Waals surface area contributed by atoms with Gasteiger partial charge in [-0.25, -0.2) is 0 Å². The third kappa shape index (κ3) is 3.49. The Balaban J connectivity index is 2.86. The van der Waals surface area contributed by atoms with E-state index in [1.54, 1.807) is 7.11 Å². The van der Waals surface area contributed by atoms with Gasteiger partial charge in [0.15, 0.2) is 6.07 Å². The molecule has 0 aliphatic heterocycles. The minimum absolute atomic E-state index is 0.344. The molecule has 0 aromatic heterocycles. The minimum atomic E-state index is -0.619. The van der Waals surface area contributed by atoms with Crippen LogP contribution in [0.15, 0.2) is 18.2 Å². The molecule has 1 N–H and O–H groups in total. The van der Waals surface area contributed by atoms with Crippen LogP contribution < -0.4 is 10.1 Å². The van der Waals surface area contributed by atoms with Gasteiger partial charge in [0.2, 0.25) is 0 Å². The Bertz CT molecular complexity index is 447.